The van der Waals surface area contributed by atoms with E-state index in [2.05, 4.69) is 20.8 Å². The van der Waals surface area contributed by atoms with Gasteiger partial charge in [-0.05, 0) is 64.7 Å². The van der Waals surface area contributed by atoms with Crippen LogP contribution in [0.1, 0.15) is 55.6 Å². The molecule has 0 spiro atoms. The van der Waals surface area contributed by atoms with Crippen molar-refractivity contribution in [1.82, 2.24) is 29.5 Å². The molecule has 10 heteroatoms. The standard InChI is InChI=1S/C28H31FN6O3/c1-15-22(16(2)38-33-15)18-12-21-23(31-13-18)25-26(27(28(3,4)36)32-34(25)5)35(21)24(17-8-10-37-11-9-17)20-7-6-19(29)14-30-20/h6-7,12-14,17,24,36H,8-11H2,1-5H3. The lowest BCUT2D eigenvalue weighted by Gasteiger charge is -2.32. The van der Waals surface area contributed by atoms with Crippen molar-refractivity contribution >= 4 is 22.1 Å². The van der Waals surface area contributed by atoms with Crippen molar-refractivity contribution in [2.24, 2.45) is 13.0 Å². The molecular weight excluding hydrogens is 487 g/mol. The highest BCUT2D eigenvalue weighted by atomic mass is 19.1. The summed E-state index contributed by atoms with van der Waals surface area (Å²) < 4.78 is 29.1. The number of halogens is 1. The molecule has 6 rings (SSSR count). The Labute approximate surface area is 219 Å². The van der Waals surface area contributed by atoms with Gasteiger partial charge in [0.2, 0.25) is 0 Å². The van der Waals surface area contributed by atoms with Gasteiger partial charge in [0, 0.05) is 37.6 Å². The van der Waals surface area contributed by atoms with Gasteiger partial charge in [0.1, 0.15) is 33.9 Å². The van der Waals surface area contributed by atoms with Gasteiger partial charge in [-0.3, -0.25) is 14.6 Å². The van der Waals surface area contributed by atoms with Gasteiger partial charge in [0.05, 0.1) is 34.7 Å². The Morgan fingerprint density at radius 3 is 2.50 bits per heavy atom. The minimum atomic E-state index is -1.22. The van der Waals surface area contributed by atoms with Crippen LogP contribution >= 0.6 is 0 Å². The van der Waals surface area contributed by atoms with Crippen LogP contribution in [0.15, 0.2) is 35.1 Å². The number of hydrogen-bond donors (Lipinski definition) is 1. The fourth-order valence-corrected chi connectivity index (χ4v) is 5.86. The number of pyridine rings is 2. The maximum atomic E-state index is 14.0. The predicted molar refractivity (Wildman–Crippen MR) is 140 cm³/mol. The number of nitrogens with zero attached hydrogens (tertiary/aromatic N) is 6. The zero-order chi connectivity index (χ0) is 26.8. The number of rotatable bonds is 5. The largest absolute Gasteiger partial charge is 0.384 e. The van der Waals surface area contributed by atoms with E-state index in [1.165, 1.54) is 12.3 Å². The van der Waals surface area contributed by atoms with Crippen LogP contribution in [0.5, 0.6) is 0 Å². The van der Waals surface area contributed by atoms with E-state index < -0.39 is 5.60 Å². The lowest BCUT2D eigenvalue weighted by molar-refractivity contribution is 0.0542. The van der Waals surface area contributed by atoms with Crippen molar-refractivity contribution in [3.8, 4) is 11.1 Å². The second-order valence-corrected chi connectivity index (χ2v) is 10.7. The Hall–Kier alpha value is -3.63. The molecule has 198 valence electrons. The summed E-state index contributed by atoms with van der Waals surface area (Å²) >= 11 is 0. The molecule has 1 aliphatic heterocycles. The SMILES string of the molecule is Cc1noc(C)c1-c1cnc2c3c(c(C(C)(C)O)nn3C)n(C(c3ccc(F)cn3)C3CCOCC3)c2c1. The summed E-state index contributed by atoms with van der Waals surface area (Å²) in [6, 6.07) is 5.04. The van der Waals surface area contributed by atoms with Gasteiger partial charge in [-0.1, -0.05) is 5.16 Å². The fraction of sp³-hybridized carbons (Fsp3) is 0.429. The summed E-state index contributed by atoms with van der Waals surface area (Å²) in [4.78, 5) is 9.47. The van der Waals surface area contributed by atoms with Crippen LogP contribution < -0.4 is 0 Å². The monoisotopic (exact) mass is 518 g/mol. The van der Waals surface area contributed by atoms with Crippen LogP contribution in [0.25, 0.3) is 33.2 Å². The highest BCUT2D eigenvalue weighted by molar-refractivity contribution is 6.06. The van der Waals surface area contributed by atoms with Crippen LogP contribution in [0.2, 0.25) is 0 Å². The summed E-state index contributed by atoms with van der Waals surface area (Å²) in [5, 5.41) is 20.1. The van der Waals surface area contributed by atoms with Crippen molar-refractivity contribution in [3.63, 3.8) is 0 Å². The first-order chi connectivity index (χ1) is 18.1. The lowest BCUT2D eigenvalue weighted by Crippen LogP contribution is -2.28. The van der Waals surface area contributed by atoms with Crippen LogP contribution in [0.3, 0.4) is 0 Å². The van der Waals surface area contributed by atoms with Gasteiger partial charge in [-0.15, -0.1) is 0 Å². The summed E-state index contributed by atoms with van der Waals surface area (Å²) in [6.45, 7) is 8.54. The minimum Gasteiger partial charge on any atom is -0.384 e. The predicted octanol–water partition coefficient (Wildman–Crippen LogP) is 4.97. The Bertz CT molecular complexity index is 1620. The van der Waals surface area contributed by atoms with Crippen LogP contribution in [0, 0.1) is 25.6 Å². The van der Waals surface area contributed by atoms with Gasteiger partial charge >= 0.3 is 0 Å². The zero-order valence-electron chi connectivity index (χ0n) is 22.2. The van der Waals surface area contributed by atoms with Gasteiger partial charge < -0.3 is 18.9 Å². The summed E-state index contributed by atoms with van der Waals surface area (Å²) in [7, 11) is 1.87. The molecule has 1 fully saturated rings. The molecule has 1 aliphatic rings. The van der Waals surface area contributed by atoms with E-state index in [9.17, 15) is 9.50 Å². The van der Waals surface area contributed by atoms with E-state index in [0.717, 1.165) is 57.4 Å². The molecule has 1 N–H and O–H groups in total. The van der Waals surface area contributed by atoms with Crippen LogP contribution in [0.4, 0.5) is 4.39 Å². The normalized spacial score (nSPS) is 16.1. The Balaban J connectivity index is 1.73. The second kappa shape index (κ2) is 8.99. The second-order valence-electron chi connectivity index (χ2n) is 10.7. The number of aryl methyl sites for hydroxylation is 3. The van der Waals surface area contributed by atoms with Gasteiger partial charge in [0.15, 0.2) is 0 Å². The van der Waals surface area contributed by atoms with E-state index in [4.69, 9.17) is 19.3 Å². The van der Waals surface area contributed by atoms with Crippen LogP contribution in [-0.4, -0.2) is 47.8 Å². The maximum absolute atomic E-state index is 14.0. The molecule has 0 bridgehead atoms. The molecule has 5 aromatic heterocycles. The third-order valence-corrected chi connectivity index (χ3v) is 7.56. The molecule has 38 heavy (non-hydrogen) atoms. The van der Waals surface area contributed by atoms with Crippen molar-refractivity contribution < 1.29 is 18.8 Å². The molecule has 0 amide bonds. The molecule has 6 heterocycles. The summed E-state index contributed by atoms with van der Waals surface area (Å²) in [5.74, 6) is 0.493. The number of ether oxygens (including phenoxy) is 1. The van der Waals surface area contributed by atoms with Crippen molar-refractivity contribution in [3.05, 3.63) is 59.3 Å². The average molecular weight is 519 g/mol. The van der Waals surface area contributed by atoms with Crippen LogP contribution in [-0.2, 0) is 17.4 Å². The van der Waals surface area contributed by atoms with E-state index in [1.54, 1.807) is 24.6 Å². The highest BCUT2D eigenvalue weighted by Crippen LogP contribution is 2.43. The Kier molecular flexibility index (Phi) is 5.84. The smallest absolute Gasteiger partial charge is 0.141 e. The Morgan fingerprint density at radius 2 is 1.87 bits per heavy atom. The Morgan fingerprint density at radius 1 is 1.11 bits per heavy atom. The lowest BCUT2D eigenvalue weighted by atomic mass is 9.88. The number of aromatic nitrogens is 6. The summed E-state index contributed by atoms with van der Waals surface area (Å²) in [6.07, 6.45) is 4.73. The first-order valence-electron chi connectivity index (χ1n) is 12.9. The zero-order valence-corrected chi connectivity index (χ0v) is 22.2. The quantitative estimate of drug-likeness (QED) is 0.350. The molecule has 0 radical (unpaired) electrons. The molecule has 9 nitrogen and oxygen atoms in total. The van der Waals surface area contributed by atoms with E-state index in [0.29, 0.717) is 24.7 Å². The fourth-order valence-electron chi connectivity index (χ4n) is 5.86. The topological polar surface area (TPSA) is 104 Å². The van der Waals surface area contributed by atoms with Gasteiger partial charge in [-0.25, -0.2) is 4.39 Å². The first kappa shape index (κ1) is 24.7. The number of aliphatic hydroxyl groups is 1. The van der Waals surface area contributed by atoms with E-state index >= 15 is 0 Å². The number of hydrogen-bond acceptors (Lipinski definition) is 7. The molecule has 0 aliphatic carbocycles. The maximum Gasteiger partial charge on any atom is 0.141 e. The summed E-state index contributed by atoms with van der Waals surface area (Å²) in [5.41, 5.74) is 5.89. The minimum absolute atomic E-state index is 0.165. The number of fused-ring (bicyclic) bond motifs is 3. The van der Waals surface area contributed by atoms with E-state index in [1.807, 2.05) is 27.1 Å². The van der Waals surface area contributed by atoms with Crippen molar-refractivity contribution in [2.45, 2.75) is 52.2 Å². The van der Waals surface area contributed by atoms with Gasteiger partial charge in [0.25, 0.3) is 0 Å². The third kappa shape index (κ3) is 3.90. The molecule has 0 saturated carbocycles. The molecular formula is C28H31FN6O3. The van der Waals surface area contributed by atoms with Crippen molar-refractivity contribution in [1.29, 1.82) is 0 Å². The molecule has 0 aromatic carbocycles. The molecule has 1 atom stereocenters. The average Bonchev–Trinajstić information content (AvgIpc) is 3.52. The first-order valence-corrected chi connectivity index (χ1v) is 12.9. The third-order valence-electron chi connectivity index (χ3n) is 7.56. The molecule has 5 aromatic rings. The van der Waals surface area contributed by atoms with Crippen molar-refractivity contribution in [2.75, 3.05) is 13.2 Å². The highest BCUT2D eigenvalue weighted by Gasteiger charge is 2.36. The molecule has 1 unspecified atom stereocenters. The van der Waals surface area contributed by atoms with Gasteiger partial charge in [-0.2, -0.15) is 5.10 Å². The van der Waals surface area contributed by atoms with E-state index in [-0.39, 0.29) is 17.8 Å². The molecule has 1 saturated heterocycles.